The standard InChI is InChI=1S/C16H20N2S2/c1-11-6-7-14(16(17)19)15(9-11)18(3)12(2)10-13-5-4-8-20-13/h4-9,12H,10H2,1-3H3,(H2,17,19). The van der Waals surface area contributed by atoms with Crippen molar-refractivity contribution in [1.82, 2.24) is 0 Å². The monoisotopic (exact) mass is 304 g/mol. The van der Waals surface area contributed by atoms with Crippen molar-refractivity contribution in [2.24, 2.45) is 5.73 Å². The molecule has 1 aromatic carbocycles. The Balaban J connectivity index is 2.25. The van der Waals surface area contributed by atoms with Gasteiger partial charge in [0.2, 0.25) is 0 Å². The van der Waals surface area contributed by atoms with Gasteiger partial charge in [0.15, 0.2) is 0 Å². The summed E-state index contributed by atoms with van der Waals surface area (Å²) in [7, 11) is 2.11. The molecule has 0 bridgehead atoms. The van der Waals surface area contributed by atoms with Gasteiger partial charge in [-0.3, -0.25) is 0 Å². The lowest BCUT2D eigenvalue weighted by molar-refractivity contribution is 0.688. The highest BCUT2D eigenvalue weighted by Crippen LogP contribution is 2.25. The van der Waals surface area contributed by atoms with E-state index in [-0.39, 0.29) is 0 Å². The second-order valence-corrected chi connectivity index (χ2v) is 6.60. The highest BCUT2D eigenvalue weighted by molar-refractivity contribution is 7.80. The van der Waals surface area contributed by atoms with E-state index >= 15 is 0 Å². The van der Waals surface area contributed by atoms with E-state index in [2.05, 4.69) is 55.4 Å². The fraction of sp³-hybridized carbons (Fsp3) is 0.312. The van der Waals surface area contributed by atoms with Crippen LogP contribution >= 0.6 is 23.6 Å². The Bertz CT molecular complexity index is 591. The zero-order valence-corrected chi connectivity index (χ0v) is 13.7. The molecule has 0 saturated heterocycles. The highest BCUT2D eigenvalue weighted by atomic mass is 32.1. The minimum atomic E-state index is 0.392. The summed E-state index contributed by atoms with van der Waals surface area (Å²) in [6.07, 6.45) is 1.03. The van der Waals surface area contributed by atoms with E-state index < -0.39 is 0 Å². The average molecular weight is 304 g/mol. The number of aryl methyl sites for hydroxylation is 1. The summed E-state index contributed by atoms with van der Waals surface area (Å²) in [5, 5.41) is 2.12. The predicted molar refractivity (Wildman–Crippen MR) is 93.0 cm³/mol. The summed E-state index contributed by atoms with van der Waals surface area (Å²) in [4.78, 5) is 4.12. The smallest absolute Gasteiger partial charge is 0.106 e. The van der Waals surface area contributed by atoms with Crippen LogP contribution in [0.1, 0.15) is 22.9 Å². The van der Waals surface area contributed by atoms with Gasteiger partial charge < -0.3 is 10.6 Å². The van der Waals surface area contributed by atoms with Crippen LogP contribution in [0.4, 0.5) is 5.69 Å². The lowest BCUT2D eigenvalue weighted by Gasteiger charge is -2.29. The van der Waals surface area contributed by atoms with Crippen molar-refractivity contribution in [3.05, 3.63) is 51.7 Å². The molecule has 0 aliphatic heterocycles. The molecule has 0 spiro atoms. The maximum absolute atomic E-state index is 5.85. The third kappa shape index (κ3) is 3.38. The molecule has 2 rings (SSSR count). The Morgan fingerprint density at radius 1 is 1.40 bits per heavy atom. The lowest BCUT2D eigenvalue weighted by Crippen LogP contribution is -2.32. The van der Waals surface area contributed by atoms with Gasteiger partial charge in [0.25, 0.3) is 0 Å². The van der Waals surface area contributed by atoms with E-state index in [1.807, 2.05) is 6.07 Å². The van der Waals surface area contributed by atoms with Crippen LogP contribution in [0.25, 0.3) is 0 Å². The molecule has 106 valence electrons. The first-order valence-corrected chi connectivity index (χ1v) is 7.93. The van der Waals surface area contributed by atoms with Gasteiger partial charge in [0, 0.05) is 35.6 Å². The number of hydrogen-bond acceptors (Lipinski definition) is 3. The highest BCUT2D eigenvalue weighted by Gasteiger charge is 2.16. The predicted octanol–water partition coefficient (Wildman–Crippen LogP) is 3.76. The van der Waals surface area contributed by atoms with E-state index in [0.717, 1.165) is 17.7 Å². The van der Waals surface area contributed by atoms with Crippen molar-refractivity contribution in [2.75, 3.05) is 11.9 Å². The number of hydrogen-bond donors (Lipinski definition) is 1. The number of thiophene rings is 1. The summed E-state index contributed by atoms with van der Waals surface area (Å²) in [5.74, 6) is 0. The molecule has 0 aliphatic rings. The number of nitrogens with zero attached hydrogens (tertiary/aromatic N) is 1. The molecule has 0 aliphatic carbocycles. The van der Waals surface area contributed by atoms with Gasteiger partial charge in [-0.1, -0.05) is 24.4 Å². The Morgan fingerprint density at radius 3 is 2.75 bits per heavy atom. The molecule has 2 nitrogen and oxygen atoms in total. The van der Waals surface area contributed by atoms with E-state index in [0.29, 0.717) is 11.0 Å². The van der Waals surface area contributed by atoms with Crippen molar-refractivity contribution >= 4 is 34.2 Å². The maximum atomic E-state index is 5.85. The van der Waals surface area contributed by atoms with Crippen LogP contribution in [-0.4, -0.2) is 18.1 Å². The van der Waals surface area contributed by atoms with Crippen LogP contribution in [0.2, 0.25) is 0 Å². The van der Waals surface area contributed by atoms with Crippen molar-refractivity contribution in [3.8, 4) is 0 Å². The zero-order chi connectivity index (χ0) is 14.7. The lowest BCUT2D eigenvalue weighted by atomic mass is 10.1. The minimum Gasteiger partial charge on any atom is -0.389 e. The van der Waals surface area contributed by atoms with Crippen LogP contribution in [-0.2, 0) is 6.42 Å². The Labute approximate surface area is 130 Å². The molecule has 2 aromatic rings. The maximum Gasteiger partial charge on any atom is 0.106 e. The van der Waals surface area contributed by atoms with Gasteiger partial charge in [-0.05, 0) is 43.0 Å². The Hall–Kier alpha value is -1.39. The molecular weight excluding hydrogens is 284 g/mol. The fourth-order valence-electron chi connectivity index (χ4n) is 2.24. The molecule has 1 atom stereocenters. The average Bonchev–Trinajstić information content (AvgIpc) is 2.90. The third-order valence-electron chi connectivity index (χ3n) is 3.54. The molecule has 0 radical (unpaired) electrons. The van der Waals surface area contributed by atoms with Gasteiger partial charge in [-0.25, -0.2) is 0 Å². The fourth-order valence-corrected chi connectivity index (χ4v) is 3.24. The summed E-state index contributed by atoms with van der Waals surface area (Å²) in [6, 6.07) is 10.9. The number of anilines is 1. The van der Waals surface area contributed by atoms with E-state index in [1.54, 1.807) is 11.3 Å². The van der Waals surface area contributed by atoms with Crippen LogP contribution < -0.4 is 10.6 Å². The number of benzene rings is 1. The van der Waals surface area contributed by atoms with Crippen molar-refractivity contribution in [1.29, 1.82) is 0 Å². The van der Waals surface area contributed by atoms with E-state index in [4.69, 9.17) is 18.0 Å². The number of thiocarbonyl (C=S) groups is 1. The van der Waals surface area contributed by atoms with Crippen LogP contribution in [0.5, 0.6) is 0 Å². The molecule has 0 saturated carbocycles. The molecule has 4 heteroatoms. The quantitative estimate of drug-likeness (QED) is 0.853. The SMILES string of the molecule is Cc1ccc(C(N)=S)c(N(C)C(C)Cc2cccs2)c1. The van der Waals surface area contributed by atoms with Crippen molar-refractivity contribution < 1.29 is 0 Å². The molecule has 1 unspecified atom stereocenters. The first-order chi connectivity index (χ1) is 9.49. The molecule has 1 aromatic heterocycles. The summed E-state index contributed by atoms with van der Waals surface area (Å²) >= 11 is 6.97. The molecule has 1 heterocycles. The van der Waals surface area contributed by atoms with Gasteiger partial charge >= 0.3 is 0 Å². The largest absolute Gasteiger partial charge is 0.389 e. The number of rotatable bonds is 5. The van der Waals surface area contributed by atoms with E-state index in [9.17, 15) is 0 Å². The van der Waals surface area contributed by atoms with Crippen molar-refractivity contribution in [2.45, 2.75) is 26.3 Å². The van der Waals surface area contributed by atoms with Gasteiger partial charge in [0.1, 0.15) is 4.99 Å². The normalized spacial score (nSPS) is 12.2. The summed E-state index contributed by atoms with van der Waals surface area (Å²) < 4.78 is 0. The minimum absolute atomic E-state index is 0.392. The Kier molecular flexibility index (Phi) is 4.78. The third-order valence-corrected chi connectivity index (χ3v) is 4.66. The van der Waals surface area contributed by atoms with E-state index in [1.165, 1.54) is 10.4 Å². The van der Waals surface area contributed by atoms with Crippen LogP contribution in [0.3, 0.4) is 0 Å². The van der Waals surface area contributed by atoms with Crippen LogP contribution in [0.15, 0.2) is 35.7 Å². The molecule has 0 fully saturated rings. The number of likely N-dealkylation sites (N-methyl/N-ethyl adjacent to an activating group) is 1. The van der Waals surface area contributed by atoms with Gasteiger partial charge in [-0.15, -0.1) is 11.3 Å². The van der Waals surface area contributed by atoms with Crippen molar-refractivity contribution in [3.63, 3.8) is 0 Å². The van der Waals surface area contributed by atoms with Gasteiger partial charge in [-0.2, -0.15) is 0 Å². The second kappa shape index (κ2) is 6.37. The molecule has 2 N–H and O–H groups in total. The molecular formula is C16H20N2S2. The first kappa shape index (κ1) is 15.0. The van der Waals surface area contributed by atoms with Crippen LogP contribution in [0, 0.1) is 6.92 Å². The molecule has 0 amide bonds. The zero-order valence-electron chi connectivity index (χ0n) is 12.1. The van der Waals surface area contributed by atoms with Gasteiger partial charge in [0.05, 0.1) is 0 Å². The first-order valence-electron chi connectivity index (χ1n) is 6.64. The summed E-state index contributed by atoms with van der Waals surface area (Å²) in [5.41, 5.74) is 9.13. The number of nitrogens with two attached hydrogens (primary N) is 1. The summed E-state index contributed by atoms with van der Waals surface area (Å²) in [6.45, 7) is 4.32. The Morgan fingerprint density at radius 2 is 2.15 bits per heavy atom. The topological polar surface area (TPSA) is 29.3 Å². The molecule has 20 heavy (non-hydrogen) atoms. The second-order valence-electron chi connectivity index (χ2n) is 5.13.